The number of aryl methyl sites for hydroxylation is 1. The van der Waals surface area contributed by atoms with Gasteiger partial charge in [-0.2, -0.15) is 0 Å². The Balaban J connectivity index is 0.00000162. The maximum Gasteiger partial charge on any atom is 0.256 e. The summed E-state index contributed by atoms with van der Waals surface area (Å²) in [5, 5.41) is 3.25. The van der Waals surface area contributed by atoms with Gasteiger partial charge >= 0.3 is 0 Å². The Morgan fingerprint density at radius 1 is 1.50 bits per heavy atom. The van der Waals surface area contributed by atoms with E-state index in [0.29, 0.717) is 13.1 Å². The number of nitrogens with zero attached hydrogens (tertiary/aromatic N) is 1. The highest BCUT2D eigenvalue weighted by molar-refractivity contribution is 5.94. The Bertz CT molecular complexity index is 439. The van der Waals surface area contributed by atoms with Gasteiger partial charge in [-0.3, -0.25) is 4.79 Å². The number of hydrogen-bond donors (Lipinski definition) is 1. The molecule has 1 saturated heterocycles. The van der Waals surface area contributed by atoms with Gasteiger partial charge in [0.25, 0.3) is 5.91 Å². The lowest BCUT2D eigenvalue weighted by atomic mass is 10.1. The number of nitrogens with one attached hydrogen (secondary N) is 1. The van der Waals surface area contributed by atoms with E-state index < -0.39 is 5.82 Å². The summed E-state index contributed by atoms with van der Waals surface area (Å²) < 4.78 is 13.7. The van der Waals surface area contributed by atoms with Crippen LogP contribution >= 0.6 is 12.4 Å². The fraction of sp³-hybridized carbons (Fsp3) is 0.462. The zero-order valence-corrected chi connectivity index (χ0v) is 11.4. The number of piperazine rings is 1. The van der Waals surface area contributed by atoms with Crippen LogP contribution in [0.25, 0.3) is 0 Å². The van der Waals surface area contributed by atoms with Crippen molar-refractivity contribution in [3.8, 4) is 0 Å². The van der Waals surface area contributed by atoms with Crippen LogP contribution in [0.2, 0.25) is 0 Å². The quantitative estimate of drug-likeness (QED) is 0.848. The van der Waals surface area contributed by atoms with E-state index in [1.54, 1.807) is 17.0 Å². The third-order valence-corrected chi connectivity index (χ3v) is 3.01. The van der Waals surface area contributed by atoms with Gasteiger partial charge in [-0.15, -0.1) is 12.4 Å². The number of benzene rings is 1. The molecule has 1 amide bonds. The van der Waals surface area contributed by atoms with E-state index in [2.05, 4.69) is 5.32 Å². The second kappa shape index (κ2) is 6.16. The minimum Gasteiger partial charge on any atom is -0.336 e. The second-order valence-electron chi connectivity index (χ2n) is 4.59. The van der Waals surface area contributed by atoms with Gasteiger partial charge in [0.2, 0.25) is 0 Å². The maximum absolute atomic E-state index is 13.7. The van der Waals surface area contributed by atoms with E-state index >= 15 is 0 Å². The van der Waals surface area contributed by atoms with Crippen LogP contribution in [0.15, 0.2) is 18.2 Å². The second-order valence-corrected chi connectivity index (χ2v) is 4.59. The van der Waals surface area contributed by atoms with Gasteiger partial charge in [-0.05, 0) is 31.5 Å². The molecule has 1 N–H and O–H groups in total. The highest BCUT2D eigenvalue weighted by Crippen LogP contribution is 2.13. The molecule has 0 aromatic heterocycles. The van der Waals surface area contributed by atoms with Gasteiger partial charge in [-0.1, -0.05) is 6.07 Å². The Morgan fingerprint density at radius 3 is 2.83 bits per heavy atom. The standard InChI is InChI=1S/C13H17FN2O.ClH/c1-9-3-4-11(12(14)7-9)13(17)16-6-5-15-10(2)8-16;/h3-4,7,10,15H,5-6,8H2,1-2H3;1H/t10-;/m1./s1. The topological polar surface area (TPSA) is 32.3 Å². The highest BCUT2D eigenvalue weighted by atomic mass is 35.5. The SMILES string of the molecule is Cc1ccc(C(=O)N2CCN[C@H](C)C2)c(F)c1.Cl. The molecular weight excluding hydrogens is 255 g/mol. The number of carbonyl (C=O) groups excluding carboxylic acids is 1. The smallest absolute Gasteiger partial charge is 0.256 e. The number of amides is 1. The molecule has 1 aromatic carbocycles. The van der Waals surface area contributed by atoms with Gasteiger partial charge in [0, 0.05) is 25.7 Å². The van der Waals surface area contributed by atoms with Gasteiger partial charge in [0.1, 0.15) is 5.82 Å². The molecule has 1 aliphatic rings. The molecule has 1 aliphatic heterocycles. The molecule has 0 unspecified atom stereocenters. The summed E-state index contributed by atoms with van der Waals surface area (Å²) in [4.78, 5) is 13.8. The van der Waals surface area contributed by atoms with Gasteiger partial charge in [-0.25, -0.2) is 4.39 Å². The fourth-order valence-corrected chi connectivity index (χ4v) is 2.08. The van der Waals surface area contributed by atoms with Crippen molar-refractivity contribution >= 4 is 18.3 Å². The molecule has 100 valence electrons. The van der Waals surface area contributed by atoms with Crippen LogP contribution in [0.4, 0.5) is 4.39 Å². The van der Waals surface area contributed by atoms with Crippen LogP contribution < -0.4 is 5.32 Å². The van der Waals surface area contributed by atoms with Crippen LogP contribution in [-0.4, -0.2) is 36.5 Å². The van der Waals surface area contributed by atoms with Crippen molar-refractivity contribution in [3.63, 3.8) is 0 Å². The van der Waals surface area contributed by atoms with Gasteiger partial charge in [0.05, 0.1) is 5.56 Å². The molecule has 0 saturated carbocycles. The molecule has 18 heavy (non-hydrogen) atoms. The number of halogens is 2. The summed E-state index contributed by atoms with van der Waals surface area (Å²) in [6.07, 6.45) is 0. The Labute approximate surface area is 113 Å². The van der Waals surface area contributed by atoms with Crippen molar-refractivity contribution in [1.82, 2.24) is 10.2 Å². The van der Waals surface area contributed by atoms with Crippen molar-refractivity contribution in [2.24, 2.45) is 0 Å². The average molecular weight is 273 g/mol. The number of carbonyl (C=O) groups is 1. The predicted octanol–water partition coefficient (Wildman–Crippen LogP) is 1.99. The fourth-order valence-electron chi connectivity index (χ4n) is 2.08. The first-order valence-corrected chi connectivity index (χ1v) is 5.87. The molecule has 3 nitrogen and oxygen atoms in total. The van der Waals surface area contributed by atoms with Crippen molar-refractivity contribution in [2.75, 3.05) is 19.6 Å². The third kappa shape index (κ3) is 3.21. The maximum atomic E-state index is 13.7. The van der Waals surface area contributed by atoms with Crippen LogP contribution in [0.1, 0.15) is 22.8 Å². The van der Waals surface area contributed by atoms with Crippen LogP contribution in [0.5, 0.6) is 0 Å². The van der Waals surface area contributed by atoms with Crippen LogP contribution in [-0.2, 0) is 0 Å². The lowest BCUT2D eigenvalue weighted by Crippen LogP contribution is -2.51. The first kappa shape index (κ1) is 14.9. The van der Waals surface area contributed by atoms with Crippen molar-refractivity contribution in [1.29, 1.82) is 0 Å². The largest absolute Gasteiger partial charge is 0.336 e. The summed E-state index contributed by atoms with van der Waals surface area (Å²) in [6, 6.07) is 5.00. The molecule has 1 atom stereocenters. The molecule has 1 aromatic rings. The zero-order valence-electron chi connectivity index (χ0n) is 10.6. The molecule has 5 heteroatoms. The van der Waals surface area contributed by atoms with E-state index in [-0.39, 0.29) is 29.9 Å². The van der Waals surface area contributed by atoms with E-state index in [9.17, 15) is 9.18 Å². The molecule has 0 bridgehead atoms. The first-order chi connectivity index (χ1) is 8.08. The van der Waals surface area contributed by atoms with E-state index in [1.165, 1.54) is 6.07 Å². The highest BCUT2D eigenvalue weighted by Gasteiger charge is 2.23. The summed E-state index contributed by atoms with van der Waals surface area (Å²) >= 11 is 0. The summed E-state index contributed by atoms with van der Waals surface area (Å²) in [5.41, 5.74) is 0.998. The summed E-state index contributed by atoms with van der Waals surface area (Å²) in [5.74, 6) is -0.642. The molecular formula is C13H18ClFN2O. The van der Waals surface area contributed by atoms with E-state index in [0.717, 1.165) is 12.1 Å². The molecule has 0 aliphatic carbocycles. The Kier molecular flexibility index (Phi) is 5.11. The molecule has 0 radical (unpaired) electrons. The predicted molar refractivity (Wildman–Crippen MR) is 71.8 cm³/mol. The van der Waals surface area contributed by atoms with Crippen LogP contribution in [0, 0.1) is 12.7 Å². The minimum atomic E-state index is -0.429. The third-order valence-electron chi connectivity index (χ3n) is 3.01. The normalized spacial score (nSPS) is 19.3. The summed E-state index contributed by atoms with van der Waals surface area (Å²) in [6.45, 7) is 5.86. The zero-order chi connectivity index (χ0) is 12.4. The van der Waals surface area contributed by atoms with Crippen molar-refractivity contribution in [3.05, 3.63) is 35.1 Å². The van der Waals surface area contributed by atoms with E-state index in [1.807, 2.05) is 13.8 Å². The molecule has 1 heterocycles. The lowest BCUT2D eigenvalue weighted by Gasteiger charge is -2.32. The Morgan fingerprint density at radius 2 is 2.22 bits per heavy atom. The molecule has 1 fully saturated rings. The minimum absolute atomic E-state index is 0. The summed E-state index contributed by atoms with van der Waals surface area (Å²) in [7, 11) is 0. The number of hydrogen-bond acceptors (Lipinski definition) is 2. The van der Waals surface area contributed by atoms with Crippen LogP contribution in [0.3, 0.4) is 0 Å². The van der Waals surface area contributed by atoms with Crippen molar-refractivity contribution < 1.29 is 9.18 Å². The average Bonchev–Trinajstić information content (AvgIpc) is 2.28. The Hall–Kier alpha value is -1.13. The molecule has 2 rings (SSSR count). The lowest BCUT2D eigenvalue weighted by molar-refractivity contribution is 0.0704. The number of rotatable bonds is 1. The van der Waals surface area contributed by atoms with E-state index in [4.69, 9.17) is 0 Å². The van der Waals surface area contributed by atoms with Crippen molar-refractivity contribution in [2.45, 2.75) is 19.9 Å². The van der Waals surface area contributed by atoms with Gasteiger partial charge in [0.15, 0.2) is 0 Å². The first-order valence-electron chi connectivity index (χ1n) is 5.87. The van der Waals surface area contributed by atoms with Gasteiger partial charge < -0.3 is 10.2 Å². The monoisotopic (exact) mass is 272 g/mol. The molecule has 0 spiro atoms.